The third kappa shape index (κ3) is 21.7. The SMILES string of the molecule is CO.CO.Oc1ccccc1.Oc1ccccc1.c1ccc(-c2ccccc2)cc1.c1ccc2ccccc2c1.c1ccc2ccccc2c1.c1ccc2ccccc2c1.c1ccccc1. The molecular formula is C62H60O4. The van der Waals surface area contributed by atoms with Gasteiger partial charge in [-0.15, -0.1) is 0 Å². The maximum absolute atomic E-state index is 8.63. The predicted molar refractivity (Wildman–Crippen MR) is 283 cm³/mol. The Balaban J connectivity index is 0.000000204. The fourth-order valence-corrected chi connectivity index (χ4v) is 5.90. The van der Waals surface area contributed by atoms with Crippen LogP contribution in [0.3, 0.4) is 0 Å². The zero-order valence-electron chi connectivity index (χ0n) is 37.7. The van der Waals surface area contributed by atoms with Gasteiger partial charge in [-0.25, -0.2) is 0 Å². The van der Waals surface area contributed by atoms with Gasteiger partial charge in [0.1, 0.15) is 11.5 Å². The van der Waals surface area contributed by atoms with E-state index in [0.29, 0.717) is 11.5 Å². The van der Waals surface area contributed by atoms with Crippen LogP contribution in [0.15, 0.2) is 303 Å². The van der Waals surface area contributed by atoms with Crippen molar-refractivity contribution in [2.45, 2.75) is 0 Å². The lowest BCUT2D eigenvalue weighted by Gasteiger charge is -1.98. The molecule has 0 saturated heterocycles. The van der Waals surface area contributed by atoms with Crippen LogP contribution in [0.25, 0.3) is 43.4 Å². The van der Waals surface area contributed by atoms with Gasteiger partial charge in [0.25, 0.3) is 0 Å². The second kappa shape index (κ2) is 34.2. The molecule has 0 aliphatic carbocycles. The lowest BCUT2D eigenvalue weighted by Crippen LogP contribution is -1.73. The van der Waals surface area contributed by atoms with E-state index in [1.54, 1.807) is 48.5 Å². The van der Waals surface area contributed by atoms with E-state index < -0.39 is 0 Å². The van der Waals surface area contributed by atoms with Crippen LogP contribution in [0.1, 0.15) is 0 Å². The van der Waals surface area contributed by atoms with E-state index in [2.05, 4.69) is 194 Å². The summed E-state index contributed by atoms with van der Waals surface area (Å²) in [7, 11) is 2.00. The number of hydrogen-bond acceptors (Lipinski definition) is 4. The molecule has 0 aromatic heterocycles. The van der Waals surface area contributed by atoms with Crippen LogP contribution in [0, 0.1) is 0 Å². The first-order valence-corrected chi connectivity index (χ1v) is 21.4. The van der Waals surface area contributed by atoms with Crippen molar-refractivity contribution in [3.63, 3.8) is 0 Å². The molecule has 11 rings (SSSR count). The average molecular weight is 869 g/mol. The molecule has 0 aliphatic heterocycles. The fourth-order valence-electron chi connectivity index (χ4n) is 5.90. The Kier molecular flexibility index (Phi) is 27.0. The van der Waals surface area contributed by atoms with E-state index in [9.17, 15) is 0 Å². The number of aliphatic hydroxyl groups excluding tert-OH is 2. The molecule has 0 amide bonds. The zero-order valence-corrected chi connectivity index (χ0v) is 37.7. The van der Waals surface area contributed by atoms with Gasteiger partial charge in [-0.1, -0.05) is 279 Å². The molecule has 11 aromatic carbocycles. The molecule has 11 aromatic rings. The zero-order chi connectivity index (χ0) is 47.1. The number of hydrogen-bond donors (Lipinski definition) is 4. The van der Waals surface area contributed by atoms with Crippen LogP contribution in [0.2, 0.25) is 0 Å². The standard InChI is InChI=1S/C12H10.3C10H8.2C6H6O.C6H6.2CH4O/c1-3-7-11(8-4-1)12-9-5-2-6-10-12;3*1-2-6-10-8-4-3-7-9(10)5-1;2*7-6-4-2-1-3-5-6;1-2-4-6-5-3-1;2*1-2/h1-10H;3*1-8H;2*1-5,7H;1-6H;2*2H,1H3. The van der Waals surface area contributed by atoms with E-state index >= 15 is 0 Å². The van der Waals surface area contributed by atoms with Gasteiger partial charge >= 0.3 is 0 Å². The largest absolute Gasteiger partial charge is 0.508 e. The van der Waals surface area contributed by atoms with Gasteiger partial charge in [0, 0.05) is 14.2 Å². The van der Waals surface area contributed by atoms with Crippen LogP contribution in [0.5, 0.6) is 11.5 Å². The van der Waals surface area contributed by atoms with Crippen molar-refractivity contribution >= 4 is 32.3 Å². The Hall–Kier alpha value is -8.28. The number of phenolic OH excluding ortho intramolecular Hbond substituents is 2. The molecule has 0 bridgehead atoms. The minimum Gasteiger partial charge on any atom is -0.508 e. The predicted octanol–water partition coefficient (Wildman–Crippen LogP) is 15.6. The number of fused-ring (bicyclic) bond motifs is 3. The van der Waals surface area contributed by atoms with Crippen molar-refractivity contribution in [1.82, 2.24) is 0 Å². The molecular weight excluding hydrogens is 809 g/mol. The third-order valence-electron chi connectivity index (χ3n) is 9.04. The highest BCUT2D eigenvalue weighted by molar-refractivity contribution is 5.83. The molecule has 0 unspecified atom stereocenters. The van der Waals surface area contributed by atoms with Crippen molar-refractivity contribution in [2.75, 3.05) is 14.2 Å². The molecule has 332 valence electrons. The van der Waals surface area contributed by atoms with Gasteiger partial charge in [0.05, 0.1) is 0 Å². The molecule has 0 spiro atoms. The van der Waals surface area contributed by atoms with Crippen molar-refractivity contribution in [2.24, 2.45) is 0 Å². The van der Waals surface area contributed by atoms with Crippen LogP contribution in [-0.2, 0) is 0 Å². The second-order valence-electron chi connectivity index (χ2n) is 13.6. The highest BCUT2D eigenvalue weighted by Crippen LogP contribution is 2.17. The Morgan fingerprint density at radius 2 is 0.288 bits per heavy atom. The second-order valence-corrected chi connectivity index (χ2v) is 13.6. The van der Waals surface area contributed by atoms with Crippen molar-refractivity contribution in [1.29, 1.82) is 0 Å². The molecule has 0 heterocycles. The number of rotatable bonds is 1. The average Bonchev–Trinajstić information content (AvgIpc) is 3.42. The van der Waals surface area contributed by atoms with Crippen LogP contribution in [0.4, 0.5) is 0 Å². The number of aromatic hydroxyl groups is 2. The first-order chi connectivity index (χ1) is 32.7. The molecule has 4 N–H and O–H groups in total. The van der Waals surface area contributed by atoms with Crippen LogP contribution >= 0.6 is 0 Å². The summed E-state index contributed by atoms with van der Waals surface area (Å²) in [5, 5.41) is 39.1. The van der Waals surface area contributed by atoms with Gasteiger partial charge < -0.3 is 20.4 Å². The summed E-state index contributed by atoms with van der Waals surface area (Å²) < 4.78 is 0. The normalized spacial score (nSPS) is 9.03. The van der Waals surface area contributed by atoms with Crippen LogP contribution in [-0.4, -0.2) is 34.6 Å². The number of para-hydroxylation sites is 2. The van der Waals surface area contributed by atoms with E-state index in [-0.39, 0.29) is 0 Å². The first-order valence-electron chi connectivity index (χ1n) is 21.4. The first kappa shape index (κ1) is 52.1. The van der Waals surface area contributed by atoms with E-state index in [1.165, 1.54) is 43.4 Å². The Morgan fingerprint density at radius 3 is 0.424 bits per heavy atom. The molecule has 0 radical (unpaired) electrons. The van der Waals surface area contributed by atoms with Gasteiger partial charge in [0.2, 0.25) is 0 Å². The van der Waals surface area contributed by atoms with Crippen molar-refractivity contribution < 1.29 is 20.4 Å². The monoisotopic (exact) mass is 868 g/mol. The number of benzene rings is 11. The summed E-state index contributed by atoms with van der Waals surface area (Å²) in [4.78, 5) is 0. The Labute approximate surface area is 391 Å². The van der Waals surface area contributed by atoms with Crippen molar-refractivity contribution in [3.05, 3.63) is 303 Å². The summed E-state index contributed by atoms with van der Waals surface area (Å²) >= 11 is 0. The van der Waals surface area contributed by atoms with Gasteiger partial charge in [0.15, 0.2) is 0 Å². The molecule has 66 heavy (non-hydrogen) atoms. The fraction of sp³-hybridized carbons (Fsp3) is 0.0323. The quantitative estimate of drug-likeness (QED) is 0.132. The van der Waals surface area contributed by atoms with Gasteiger partial charge in [-0.3, -0.25) is 0 Å². The minimum atomic E-state index is 0.322. The molecule has 0 aliphatic rings. The summed E-state index contributed by atoms with van der Waals surface area (Å²) in [5.74, 6) is 0.644. The molecule has 0 saturated carbocycles. The summed E-state index contributed by atoms with van der Waals surface area (Å²) in [6, 6.07) is 100. The number of aliphatic hydroxyl groups is 2. The molecule has 4 heteroatoms. The summed E-state index contributed by atoms with van der Waals surface area (Å²) in [5.41, 5.74) is 2.55. The van der Waals surface area contributed by atoms with E-state index in [1.807, 2.05) is 60.7 Å². The van der Waals surface area contributed by atoms with E-state index in [4.69, 9.17) is 20.4 Å². The lowest BCUT2D eigenvalue weighted by atomic mass is 10.1. The molecule has 4 nitrogen and oxygen atoms in total. The Morgan fingerprint density at radius 1 is 0.167 bits per heavy atom. The van der Waals surface area contributed by atoms with Crippen molar-refractivity contribution in [3.8, 4) is 22.6 Å². The highest BCUT2D eigenvalue weighted by atomic mass is 16.3. The van der Waals surface area contributed by atoms with Gasteiger partial charge in [-0.05, 0) is 67.7 Å². The summed E-state index contributed by atoms with van der Waals surface area (Å²) in [6.45, 7) is 0. The smallest absolute Gasteiger partial charge is 0.115 e. The maximum atomic E-state index is 8.63. The van der Waals surface area contributed by atoms with Gasteiger partial charge in [-0.2, -0.15) is 0 Å². The lowest BCUT2D eigenvalue weighted by molar-refractivity contribution is 0.399. The molecule has 0 atom stereocenters. The maximum Gasteiger partial charge on any atom is 0.115 e. The highest BCUT2D eigenvalue weighted by Gasteiger charge is 1.92. The summed E-state index contributed by atoms with van der Waals surface area (Å²) in [6.07, 6.45) is 0. The topological polar surface area (TPSA) is 80.9 Å². The van der Waals surface area contributed by atoms with E-state index in [0.717, 1.165) is 14.2 Å². The third-order valence-corrected chi connectivity index (χ3v) is 9.04. The van der Waals surface area contributed by atoms with Crippen LogP contribution < -0.4 is 0 Å². The molecule has 0 fully saturated rings. The minimum absolute atomic E-state index is 0.322. The number of phenols is 2. The Bertz CT molecular complexity index is 2340.